The first-order valence-electron chi connectivity index (χ1n) is 8.47. The van der Waals surface area contributed by atoms with Gasteiger partial charge in [-0.3, -0.25) is 4.98 Å². The fraction of sp³-hybridized carbons (Fsp3) is 0.500. The van der Waals surface area contributed by atoms with Gasteiger partial charge in [-0.15, -0.1) is 0 Å². The number of rotatable bonds is 6. The summed E-state index contributed by atoms with van der Waals surface area (Å²) >= 11 is 0. The number of aromatic nitrogens is 3. The van der Waals surface area contributed by atoms with Crippen molar-refractivity contribution in [3.63, 3.8) is 0 Å². The zero-order valence-corrected chi connectivity index (χ0v) is 14.6. The lowest BCUT2D eigenvalue weighted by atomic mass is 10.1. The third-order valence-electron chi connectivity index (χ3n) is 4.57. The van der Waals surface area contributed by atoms with Crippen LogP contribution in [0.4, 0.5) is 4.79 Å². The summed E-state index contributed by atoms with van der Waals surface area (Å²) in [6, 6.07) is 4.62. The zero-order chi connectivity index (χ0) is 17.1. The first kappa shape index (κ1) is 16.5. The minimum absolute atomic E-state index is 0.0706. The second-order valence-corrected chi connectivity index (χ2v) is 6.67. The number of imidazole rings is 1. The third-order valence-corrected chi connectivity index (χ3v) is 4.57. The molecule has 0 spiro atoms. The van der Waals surface area contributed by atoms with Crippen molar-refractivity contribution < 1.29 is 4.79 Å². The van der Waals surface area contributed by atoms with Gasteiger partial charge in [-0.05, 0) is 44.4 Å². The number of carbonyl (C=O) groups excluding carboxylic acids is 1. The summed E-state index contributed by atoms with van der Waals surface area (Å²) in [5.74, 6) is 0. The summed E-state index contributed by atoms with van der Waals surface area (Å²) in [6.45, 7) is 4.60. The Labute approximate surface area is 142 Å². The number of nitrogens with zero attached hydrogens (tertiary/aromatic N) is 4. The second-order valence-electron chi connectivity index (χ2n) is 6.67. The van der Waals surface area contributed by atoms with Crippen LogP contribution in [0.5, 0.6) is 0 Å². The molecule has 1 N–H and O–H groups in total. The van der Waals surface area contributed by atoms with E-state index in [0.29, 0.717) is 12.6 Å². The summed E-state index contributed by atoms with van der Waals surface area (Å²) in [6.07, 6.45) is 8.66. The number of pyridine rings is 1. The van der Waals surface area contributed by atoms with Crippen LogP contribution < -0.4 is 5.32 Å². The molecule has 0 aliphatic heterocycles. The van der Waals surface area contributed by atoms with Crippen molar-refractivity contribution in [3.05, 3.63) is 47.8 Å². The molecule has 2 amide bonds. The SMILES string of the molecule is Cc1ccnc(C[C@@H](C)N(C)C(=O)NCc2cncn2C2CC2)c1. The van der Waals surface area contributed by atoms with Crippen LogP contribution >= 0.6 is 0 Å². The number of aryl methyl sites for hydroxylation is 1. The van der Waals surface area contributed by atoms with Gasteiger partial charge in [-0.1, -0.05) is 0 Å². The van der Waals surface area contributed by atoms with Crippen molar-refractivity contribution in [2.45, 2.75) is 51.7 Å². The lowest BCUT2D eigenvalue weighted by molar-refractivity contribution is 0.193. The van der Waals surface area contributed by atoms with Crippen molar-refractivity contribution in [2.24, 2.45) is 0 Å². The number of nitrogens with one attached hydrogen (secondary N) is 1. The van der Waals surface area contributed by atoms with E-state index in [4.69, 9.17) is 0 Å². The van der Waals surface area contributed by atoms with Crippen LogP contribution in [-0.4, -0.2) is 38.6 Å². The number of hydrogen-bond acceptors (Lipinski definition) is 3. The van der Waals surface area contributed by atoms with E-state index >= 15 is 0 Å². The molecule has 0 bridgehead atoms. The Balaban J connectivity index is 1.53. The van der Waals surface area contributed by atoms with Gasteiger partial charge in [-0.2, -0.15) is 0 Å². The Bertz CT molecular complexity index is 707. The average Bonchev–Trinajstić information content (AvgIpc) is 3.30. The molecular formula is C18H25N5O. The van der Waals surface area contributed by atoms with Gasteiger partial charge in [0.1, 0.15) is 0 Å². The van der Waals surface area contributed by atoms with Gasteiger partial charge in [0.05, 0.1) is 18.6 Å². The molecule has 6 heteroatoms. The highest BCUT2D eigenvalue weighted by Crippen LogP contribution is 2.35. The molecule has 1 atom stereocenters. The topological polar surface area (TPSA) is 63.1 Å². The highest BCUT2D eigenvalue weighted by Gasteiger charge is 2.25. The molecule has 1 aliphatic carbocycles. The van der Waals surface area contributed by atoms with Crippen molar-refractivity contribution in [1.29, 1.82) is 0 Å². The van der Waals surface area contributed by atoms with Crippen LogP contribution in [0.15, 0.2) is 30.9 Å². The predicted molar refractivity (Wildman–Crippen MR) is 92.6 cm³/mol. The Morgan fingerprint density at radius 3 is 3.00 bits per heavy atom. The van der Waals surface area contributed by atoms with E-state index in [9.17, 15) is 4.79 Å². The van der Waals surface area contributed by atoms with Crippen LogP contribution in [-0.2, 0) is 13.0 Å². The lowest BCUT2D eigenvalue weighted by Crippen LogP contribution is -2.43. The Morgan fingerprint density at radius 2 is 2.29 bits per heavy atom. The summed E-state index contributed by atoms with van der Waals surface area (Å²) in [5.41, 5.74) is 3.26. The van der Waals surface area contributed by atoms with E-state index in [1.54, 1.807) is 4.90 Å². The number of urea groups is 1. The first-order chi connectivity index (χ1) is 11.5. The number of hydrogen-bond donors (Lipinski definition) is 1. The minimum Gasteiger partial charge on any atom is -0.332 e. The van der Waals surface area contributed by atoms with Gasteiger partial charge < -0.3 is 14.8 Å². The van der Waals surface area contributed by atoms with Gasteiger partial charge in [0.15, 0.2) is 0 Å². The van der Waals surface area contributed by atoms with E-state index in [2.05, 4.69) is 32.8 Å². The monoisotopic (exact) mass is 327 g/mol. The van der Waals surface area contributed by atoms with Crippen molar-refractivity contribution >= 4 is 6.03 Å². The minimum atomic E-state index is -0.0706. The van der Waals surface area contributed by atoms with Gasteiger partial charge in [0.25, 0.3) is 0 Å². The van der Waals surface area contributed by atoms with Crippen LogP contribution in [0.25, 0.3) is 0 Å². The largest absolute Gasteiger partial charge is 0.332 e. The summed E-state index contributed by atoms with van der Waals surface area (Å²) < 4.78 is 2.17. The van der Waals surface area contributed by atoms with Gasteiger partial charge in [0, 0.05) is 43.6 Å². The van der Waals surface area contributed by atoms with Crippen molar-refractivity contribution in [3.8, 4) is 0 Å². The fourth-order valence-corrected chi connectivity index (χ4v) is 2.79. The van der Waals surface area contributed by atoms with Crippen LogP contribution in [0.1, 0.15) is 42.8 Å². The lowest BCUT2D eigenvalue weighted by Gasteiger charge is -2.25. The quantitative estimate of drug-likeness (QED) is 0.887. The molecular weight excluding hydrogens is 302 g/mol. The molecule has 6 nitrogen and oxygen atoms in total. The maximum Gasteiger partial charge on any atom is 0.317 e. The molecule has 1 fully saturated rings. The Hall–Kier alpha value is -2.37. The zero-order valence-electron chi connectivity index (χ0n) is 14.6. The summed E-state index contributed by atoms with van der Waals surface area (Å²) in [7, 11) is 1.83. The van der Waals surface area contributed by atoms with E-state index in [-0.39, 0.29) is 12.1 Å². The summed E-state index contributed by atoms with van der Waals surface area (Å²) in [4.78, 5) is 22.7. The molecule has 2 aromatic rings. The second kappa shape index (κ2) is 7.03. The molecule has 2 aromatic heterocycles. The highest BCUT2D eigenvalue weighted by atomic mass is 16.2. The molecule has 1 saturated carbocycles. The van der Waals surface area contributed by atoms with Crippen LogP contribution in [0.3, 0.4) is 0 Å². The van der Waals surface area contributed by atoms with E-state index < -0.39 is 0 Å². The molecule has 24 heavy (non-hydrogen) atoms. The van der Waals surface area contributed by atoms with Crippen LogP contribution in [0.2, 0.25) is 0 Å². The molecule has 3 rings (SSSR count). The van der Waals surface area contributed by atoms with Gasteiger partial charge >= 0.3 is 6.03 Å². The van der Waals surface area contributed by atoms with Crippen molar-refractivity contribution in [2.75, 3.05) is 7.05 Å². The predicted octanol–water partition coefficient (Wildman–Crippen LogP) is 2.69. The maximum absolute atomic E-state index is 12.4. The maximum atomic E-state index is 12.4. The highest BCUT2D eigenvalue weighted by molar-refractivity contribution is 5.74. The molecule has 2 heterocycles. The fourth-order valence-electron chi connectivity index (χ4n) is 2.79. The number of carbonyl (C=O) groups is 1. The first-order valence-corrected chi connectivity index (χ1v) is 8.47. The average molecular weight is 327 g/mol. The molecule has 128 valence electrons. The van der Waals surface area contributed by atoms with Crippen molar-refractivity contribution in [1.82, 2.24) is 24.8 Å². The molecule has 1 aliphatic rings. The van der Waals surface area contributed by atoms with Crippen LogP contribution in [0, 0.1) is 6.92 Å². The third kappa shape index (κ3) is 3.93. The van der Waals surface area contributed by atoms with E-state index in [1.165, 1.54) is 18.4 Å². The molecule has 0 radical (unpaired) electrons. The Morgan fingerprint density at radius 1 is 1.50 bits per heavy atom. The smallest absolute Gasteiger partial charge is 0.317 e. The summed E-state index contributed by atoms with van der Waals surface area (Å²) in [5, 5.41) is 2.99. The molecule has 0 unspecified atom stereocenters. The molecule has 0 saturated heterocycles. The standard InChI is InChI=1S/C18H25N5O/c1-13-6-7-20-15(8-13)9-14(2)22(3)18(24)21-11-17-10-19-12-23(17)16-4-5-16/h6-8,10,12,14,16H,4-5,9,11H2,1-3H3,(H,21,24)/t14-/m1/s1. The normalized spacial score (nSPS) is 15.1. The Kier molecular flexibility index (Phi) is 4.83. The molecule has 0 aromatic carbocycles. The van der Waals surface area contributed by atoms with Gasteiger partial charge in [-0.25, -0.2) is 9.78 Å². The van der Waals surface area contributed by atoms with E-state index in [1.807, 2.05) is 38.8 Å². The number of amides is 2. The van der Waals surface area contributed by atoms with Gasteiger partial charge in [0.2, 0.25) is 0 Å². The van der Waals surface area contributed by atoms with E-state index in [0.717, 1.165) is 17.8 Å². The number of likely N-dealkylation sites (N-methyl/N-ethyl adjacent to an activating group) is 1.